The monoisotopic (exact) mass is 362 g/mol. The maximum atomic E-state index is 13.0. The second kappa shape index (κ2) is 8.52. The minimum Gasteiger partial charge on any atom is -0.464 e. The topological polar surface area (TPSA) is 68.6 Å². The van der Waals surface area contributed by atoms with Crippen LogP contribution in [0.4, 0.5) is 0 Å². The summed E-state index contributed by atoms with van der Waals surface area (Å²) in [5.41, 5.74) is 2.34. The molecule has 1 saturated carbocycles. The molecule has 1 fully saturated rings. The Morgan fingerprint density at radius 3 is 2.31 bits per heavy atom. The third-order valence-electron chi connectivity index (χ3n) is 5.33. The van der Waals surface area contributed by atoms with Crippen LogP contribution in [-0.2, 0) is 16.1 Å². The summed E-state index contributed by atoms with van der Waals surface area (Å²) in [7, 11) is 1.34. The summed E-state index contributed by atoms with van der Waals surface area (Å²) in [6.07, 6.45) is 3.74. The molecule has 0 N–H and O–H groups in total. The Labute approximate surface area is 155 Å². The Hall–Kier alpha value is -2.11. The Kier molecular flexibility index (Phi) is 6.62. The zero-order chi connectivity index (χ0) is 19.4. The summed E-state index contributed by atoms with van der Waals surface area (Å²) in [5, 5.41) is 0. The largest absolute Gasteiger partial charge is 0.464 e. The van der Waals surface area contributed by atoms with E-state index in [2.05, 4.69) is 0 Å². The van der Waals surface area contributed by atoms with Gasteiger partial charge >= 0.3 is 5.97 Å². The van der Waals surface area contributed by atoms with Crippen molar-refractivity contribution >= 4 is 17.7 Å². The third kappa shape index (κ3) is 3.69. The van der Waals surface area contributed by atoms with Crippen molar-refractivity contribution in [3.8, 4) is 0 Å². The van der Waals surface area contributed by atoms with Gasteiger partial charge in [-0.25, -0.2) is 4.79 Å². The molecule has 1 aliphatic rings. The second-order valence-electron chi connectivity index (χ2n) is 6.98. The van der Waals surface area contributed by atoms with Crippen LogP contribution in [0, 0.1) is 19.8 Å². The predicted molar refractivity (Wildman–Crippen MR) is 99.5 cm³/mol. The number of hydrogen-bond donors (Lipinski definition) is 0. The zero-order valence-corrected chi connectivity index (χ0v) is 16.6. The number of methoxy groups -OCH3 is 1. The van der Waals surface area contributed by atoms with Crippen molar-refractivity contribution in [2.24, 2.45) is 5.92 Å². The number of ether oxygens (including phenoxy) is 1. The van der Waals surface area contributed by atoms with E-state index in [0.29, 0.717) is 29.9 Å². The molecule has 2 rings (SSSR count). The number of esters is 1. The molecule has 1 aromatic rings. The molecule has 0 aliphatic heterocycles. The van der Waals surface area contributed by atoms with Crippen molar-refractivity contribution in [3.63, 3.8) is 0 Å². The van der Waals surface area contributed by atoms with Crippen LogP contribution in [0.3, 0.4) is 0 Å². The molecule has 0 radical (unpaired) electrons. The quantitative estimate of drug-likeness (QED) is 0.526. The van der Waals surface area contributed by atoms with Gasteiger partial charge in [-0.05, 0) is 45.6 Å². The van der Waals surface area contributed by atoms with Gasteiger partial charge in [0.25, 0.3) is 0 Å². The van der Waals surface area contributed by atoms with Crippen LogP contribution in [0.25, 0.3) is 0 Å². The smallest absolute Gasteiger partial charge is 0.354 e. The molecule has 1 heterocycles. The fourth-order valence-electron chi connectivity index (χ4n) is 3.76. The summed E-state index contributed by atoms with van der Waals surface area (Å²) < 4.78 is 6.70. The molecule has 0 atom stereocenters. The molecule has 26 heavy (non-hydrogen) atoms. The number of nitrogens with zero attached hydrogens (tertiary/aromatic N) is 2. The maximum absolute atomic E-state index is 13.0. The fraction of sp³-hybridized carbons (Fsp3) is 0.650. The van der Waals surface area contributed by atoms with Gasteiger partial charge in [-0.1, -0.05) is 13.3 Å². The standard InChI is InChI=1S/C20H30N2O4/c1-6-11-21(19(24)15-9-8-10-15)12-16(23)17-13(3)18(20(25)26-5)22(7-2)14(17)4/h15H,6-12H2,1-5H3. The van der Waals surface area contributed by atoms with Crippen molar-refractivity contribution < 1.29 is 19.1 Å². The van der Waals surface area contributed by atoms with E-state index in [-0.39, 0.29) is 24.2 Å². The molecule has 0 aromatic carbocycles. The van der Waals surface area contributed by atoms with E-state index in [4.69, 9.17) is 4.74 Å². The molecule has 0 spiro atoms. The number of Topliss-reactive ketones (excluding diaryl/α,β-unsaturated/α-hetero) is 1. The molecule has 0 bridgehead atoms. The van der Waals surface area contributed by atoms with Crippen molar-refractivity contribution in [3.05, 3.63) is 22.5 Å². The molecular formula is C20H30N2O4. The van der Waals surface area contributed by atoms with Gasteiger partial charge in [-0.3, -0.25) is 9.59 Å². The molecule has 144 valence electrons. The van der Waals surface area contributed by atoms with Crippen LogP contribution in [0.2, 0.25) is 0 Å². The number of carbonyl (C=O) groups excluding carboxylic acids is 3. The van der Waals surface area contributed by atoms with E-state index < -0.39 is 5.97 Å². The zero-order valence-electron chi connectivity index (χ0n) is 16.6. The molecule has 0 saturated heterocycles. The number of rotatable bonds is 8. The van der Waals surface area contributed by atoms with Gasteiger partial charge in [0.15, 0.2) is 5.78 Å². The molecule has 0 unspecified atom stereocenters. The van der Waals surface area contributed by atoms with Gasteiger partial charge in [0.1, 0.15) is 5.69 Å². The van der Waals surface area contributed by atoms with Crippen LogP contribution in [-0.4, -0.2) is 47.3 Å². The van der Waals surface area contributed by atoms with Crippen molar-refractivity contribution in [1.82, 2.24) is 9.47 Å². The SMILES string of the molecule is CCCN(CC(=O)c1c(C)c(C(=O)OC)n(CC)c1C)C(=O)C1CCC1. The Morgan fingerprint density at radius 2 is 1.85 bits per heavy atom. The van der Waals surface area contributed by atoms with Gasteiger partial charge in [0.2, 0.25) is 5.91 Å². The number of ketones is 1. The van der Waals surface area contributed by atoms with Gasteiger partial charge in [-0.15, -0.1) is 0 Å². The Bertz CT molecular complexity index is 701. The lowest BCUT2D eigenvalue weighted by atomic mass is 9.84. The minimum atomic E-state index is -0.442. The molecule has 6 heteroatoms. The van der Waals surface area contributed by atoms with Gasteiger partial charge in [0.05, 0.1) is 13.7 Å². The first-order chi connectivity index (χ1) is 12.4. The number of aromatic nitrogens is 1. The highest BCUT2D eigenvalue weighted by molar-refractivity contribution is 6.04. The van der Waals surface area contributed by atoms with E-state index in [0.717, 1.165) is 31.4 Å². The summed E-state index contributed by atoms with van der Waals surface area (Å²) >= 11 is 0. The van der Waals surface area contributed by atoms with Crippen LogP contribution in [0.5, 0.6) is 0 Å². The Balaban J connectivity index is 2.31. The van der Waals surface area contributed by atoms with Crippen molar-refractivity contribution in [2.45, 2.75) is 59.9 Å². The maximum Gasteiger partial charge on any atom is 0.354 e. The van der Waals surface area contributed by atoms with E-state index in [1.165, 1.54) is 7.11 Å². The first kappa shape index (κ1) is 20.2. The second-order valence-corrected chi connectivity index (χ2v) is 6.98. The Morgan fingerprint density at radius 1 is 1.19 bits per heavy atom. The summed E-state index contributed by atoms with van der Waals surface area (Å²) in [5.74, 6) is -0.395. The third-order valence-corrected chi connectivity index (χ3v) is 5.33. The summed E-state index contributed by atoms with van der Waals surface area (Å²) in [6, 6.07) is 0. The highest BCUT2D eigenvalue weighted by Crippen LogP contribution is 2.29. The van der Waals surface area contributed by atoms with Gasteiger partial charge < -0.3 is 14.2 Å². The number of carbonyl (C=O) groups is 3. The first-order valence-electron chi connectivity index (χ1n) is 9.47. The lowest BCUT2D eigenvalue weighted by Crippen LogP contribution is -2.42. The summed E-state index contributed by atoms with van der Waals surface area (Å²) in [4.78, 5) is 39.5. The van der Waals surface area contributed by atoms with Crippen LogP contribution in [0.1, 0.15) is 71.6 Å². The average Bonchev–Trinajstić information content (AvgIpc) is 2.81. The van der Waals surface area contributed by atoms with E-state index in [1.54, 1.807) is 11.8 Å². The van der Waals surface area contributed by atoms with Crippen LogP contribution < -0.4 is 0 Å². The molecule has 1 aromatic heterocycles. The minimum absolute atomic E-state index is 0.0686. The van der Waals surface area contributed by atoms with Gasteiger partial charge in [-0.2, -0.15) is 0 Å². The van der Waals surface area contributed by atoms with Crippen molar-refractivity contribution in [1.29, 1.82) is 0 Å². The molecule has 1 amide bonds. The first-order valence-corrected chi connectivity index (χ1v) is 9.47. The summed E-state index contributed by atoms with van der Waals surface area (Å²) in [6.45, 7) is 8.77. The fourth-order valence-corrected chi connectivity index (χ4v) is 3.76. The van der Waals surface area contributed by atoms with E-state index in [9.17, 15) is 14.4 Å². The average molecular weight is 362 g/mol. The number of hydrogen-bond acceptors (Lipinski definition) is 4. The highest BCUT2D eigenvalue weighted by Gasteiger charge is 2.32. The molecular weight excluding hydrogens is 332 g/mol. The van der Waals surface area contributed by atoms with Crippen LogP contribution in [0.15, 0.2) is 0 Å². The highest BCUT2D eigenvalue weighted by atomic mass is 16.5. The lowest BCUT2D eigenvalue weighted by molar-refractivity contribution is -0.137. The van der Waals surface area contributed by atoms with Gasteiger partial charge in [0, 0.05) is 30.3 Å². The van der Waals surface area contributed by atoms with Crippen LogP contribution >= 0.6 is 0 Å². The molecule has 6 nitrogen and oxygen atoms in total. The lowest BCUT2D eigenvalue weighted by Gasteiger charge is -2.31. The normalized spacial score (nSPS) is 14.0. The van der Waals surface area contributed by atoms with E-state index >= 15 is 0 Å². The number of amides is 1. The van der Waals surface area contributed by atoms with Crippen molar-refractivity contribution in [2.75, 3.05) is 20.2 Å². The van der Waals surface area contributed by atoms with E-state index in [1.807, 2.05) is 25.3 Å². The molecule has 1 aliphatic carbocycles. The predicted octanol–water partition coefficient (Wildman–Crippen LogP) is 3.13.